The predicted molar refractivity (Wildman–Crippen MR) is 74.8 cm³/mol. The van der Waals surface area contributed by atoms with Gasteiger partial charge < -0.3 is 10.5 Å². The highest BCUT2D eigenvalue weighted by Crippen LogP contribution is 2.25. The lowest BCUT2D eigenvalue weighted by Gasteiger charge is -2.27. The standard InChI is InChI=1S/C16H19NO/c17-14-6-3-7-15(11-14)18-16-9-8-12-4-1-2-5-13(12)10-16/h1-2,4-5,8-10,14-15H,3,6-7,11,17H2. The Bertz CT molecular complexity index is 537. The second kappa shape index (κ2) is 4.99. The molecule has 2 aromatic rings. The minimum atomic E-state index is 0.287. The van der Waals surface area contributed by atoms with E-state index in [9.17, 15) is 0 Å². The fourth-order valence-corrected chi connectivity index (χ4v) is 2.72. The number of fused-ring (bicyclic) bond motifs is 1. The summed E-state index contributed by atoms with van der Waals surface area (Å²) < 4.78 is 6.05. The van der Waals surface area contributed by atoms with Gasteiger partial charge in [0.05, 0.1) is 0 Å². The van der Waals surface area contributed by atoms with Crippen molar-refractivity contribution in [2.45, 2.75) is 37.8 Å². The third kappa shape index (κ3) is 2.49. The fraction of sp³-hybridized carbons (Fsp3) is 0.375. The van der Waals surface area contributed by atoms with Gasteiger partial charge in [-0.3, -0.25) is 0 Å². The first kappa shape index (κ1) is 11.5. The Morgan fingerprint density at radius 3 is 2.67 bits per heavy atom. The lowest BCUT2D eigenvalue weighted by Crippen LogP contribution is -2.33. The van der Waals surface area contributed by atoms with Gasteiger partial charge in [0, 0.05) is 6.04 Å². The first-order chi connectivity index (χ1) is 8.81. The summed E-state index contributed by atoms with van der Waals surface area (Å²) in [6.45, 7) is 0. The van der Waals surface area contributed by atoms with Crippen LogP contribution < -0.4 is 10.5 Å². The van der Waals surface area contributed by atoms with E-state index in [0.717, 1.165) is 25.0 Å². The van der Waals surface area contributed by atoms with E-state index in [1.165, 1.54) is 17.2 Å². The van der Waals surface area contributed by atoms with Crippen LogP contribution in [0.15, 0.2) is 42.5 Å². The van der Waals surface area contributed by atoms with E-state index in [2.05, 4.69) is 42.5 Å². The van der Waals surface area contributed by atoms with Crippen LogP contribution in [0.3, 0.4) is 0 Å². The quantitative estimate of drug-likeness (QED) is 0.873. The van der Waals surface area contributed by atoms with Crippen LogP contribution in [0, 0.1) is 0 Å². The van der Waals surface area contributed by atoms with Crippen LogP contribution in [-0.4, -0.2) is 12.1 Å². The number of hydrogen-bond acceptors (Lipinski definition) is 2. The maximum absolute atomic E-state index is 6.05. The van der Waals surface area contributed by atoms with Gasteiger partial charge in [0.1, 0.15) is 11.9 Å². The van der Waals surface area contributed by atoms with Gasteiger partial charge in [-0.1, -0.05) is 30.3 Å². The summed E-state index contributed by atoms with van der Waals surface area (Å²) in [5.41, 5.74) is 5.99. The molecule has 3 rings (SSSR count). The first-order valence-electron chi connectivity index (χ1n) is 6.72. The zero-order chi connectivity index (χ0) is 12.4. The Balaban J connectivity index is 1.78. The summed E-state index contributed by atoms with van der Waals surface area (Å²) in [4.78, 5) is 0. The molecular weight excluding hydrogens is 222 g/mol. The van der Waals surface area contributed by atoms with Crippen molar-refractivity contribution in [1.29, 1.82) is 0 Å². The molecule has 0 radical (unpaired) electrons. The molecular formula is C16H19NO. The van der Waals surface area contributed by atoms with E-state index in [-0.39, 0.29) is 6.10 Å². The Morgan fingerprint density at radius 2 is 1.83 bits per heavy atom. The lowest BCUT2D eigenvalue weighted by molar-refractivity contribution is 0.144. The van der Waals surface area contributed by atoms with Gasteiger partial charge >= 0.3 is 0 Å². The molecule has 2 aromatic carbocycles. The molecule has 0 aromatic heterocycles. The van der Waals surface area contributed by atoms with Crippen molar-refractivity contribution in [3.63, 3.8) is 0 Å². The van der Waals surface area contributed by atoms with Crippen LogP contribution in [0.1, 0.15) is 25.7 Å². The molecule has 2 unspecified atom stereocenters. The third-order valence-electron chi connectivity index (χ3n) is 3.69. The van der Waals surface area contributed by atoms with Gasteiger partial charge in [-0.05, 0) is 48.6 Å². The number of benzene rings is 2. The monoisotopic (exact) mass is 241 g/mol. The minimum absolute atomic E-state index is 0.287. The van der Waals surface area contributed by atoms with E-state index in [0.29, 0.717) is 6.04 Å². The van der Waals surface area contributed by atoms with E-state index >= 15 is 0 Å². The smallest absolute Gasteiger partial charge is 0.120 e. The molecule has 1 saturated carbocycles. The second-order valence-electron chi connectivity index (χ2n) is 5.18. The van der Waals surface area contributed by atoms with Gasteiger partial charge in [0.2, 0.25) is 0 Å². The van der Waals surface area contributed by atoms with Crippen LogP contribution in [0.5, 0.6) is 5.75 Å². The number of rotatable bonds is 2. The van der Waals surface area contributed by atoms with Crippen molar-refractivity contribution in [3.8, 4) is 5.75 Å². The van der Waals surface area contributed by atoms with Crippen LogP contribution in [0.2, 0.25) is 0 Å². The van der Waals surface area contributed by atoms with E-state index < -0.39 is 0 Å². The first-order valence-corrected chi connectivity index (χ1v) is 6.72. The molecule has 0 bridgehead atoms. The molecule has 1 fully saturated rings. The number of nitrogens with two attached hydrogens (primary N) is 1. The van der Waals surface area contributed by atoms with Gasteiger partial charge in [-0.15, -0.1) is 0 Å². The normalized spacial score (nSPS) is 24.1. The fourth-order valence-electron chi connectivity index (χ4n) is 2.72. The molecule has 2 atom stereocenters. The maximum Gasteiger partial charge on any atom is 0.120 e. The molecule has 0 aliphatic heterocycles. The van der Waals surface area contributed by atoms with Crippen molar-refractivity contribution >= 4 is 10.8 Å². The number of ether oxygens (including phenoxy) is 1. The summed E-state index contributed by atoms with van der Waals surface area (Å²) in [7, 11) is 0. The molecule has 0 spiro atoms. The largest absolute Gasteiger partial charge is 0.490 e. The predicted octanol–water partition coefficient (Wildman–Crippen LogP) is 3.49. The molecule has 1 aliphatic rings. The highest BCUT2D eigenvalue weighted by atomic mass is 16.5. The minimum Gasteiger partial charge on any atom is -0.490 e. The zero-order valence-electron chi connectivity index (χ0n) is 10.5. The van der Waals surface area contributed by atoms with Gasteiger partial charge in [0.25, 0.3) is 0 Å². The van der Waals surface area contributed by atoms with Gasteiger partial charge in [-0.2, -0.15) is 0 Å². The second-order valence-corrected chi connectivity index (χ2v) is 5.18. The van der Waals surface area contributed by atoms with Crippen LogP contribution in [0.25, 0.3) is 10.8 Å². The average molecular weight is 241 g/mol. The topological polar surface area (TPSA) is 35.2 Å². The molecule has 2 N–H and O–H groups in total. The Hall–Kier alpha value is -1.54. The SMILES string of the molecule is NC1CCCC(Oc2ccc3ccccc3c2)C1. The number of hydrogen-bond donors (Lipinski definition) is 1. The molecule has 18 heavy (non-hydrogen) atoms. The molecule has 2 nitrogen and oxygen atoms in total. The summed E-state index contributed by atoms with van der Waals surface area (Å²) in [5.74, 6) is 0.966. The van der Waals surface area contributed by atoms with Crippen molar-refractivity contribution in [1.82, 2.24) is 0 Å². The molecule has 0 amide bonds. The van der Waals surface area contributed by atoms with E-state index in [1.807, 2.05) is 0 Å². The van der Waals surface area contributed by atoms with E-state index in [1.54, 1.807) is 0 Å². The summed E-state index contributed by atoms with van der Waals surface area (Å²) in [6.07, 6.45) is 4.71. The Morgan fingerprint density at radius 1 is 1.00 bits per heavy atom. The van der Waals surface area contributed by atoms with Crippen LogP contribution in [-0.2, 0) is 0 Å². The zero-order valence-corrected chi connectivity index (χ0v) is 10.5. The maximum atomic E-state index is 6.05. The highest BCUT2D eigenvalue weighted by molar-refractivity contribution is 5.83. The van der Waals surface area contributed by atoms with Crippen molar-refractivity contribution in [2.75, 3.05) is 0 Å². The molecule has 0 heterocycles. The summed E-state index contributed by atoms with van der Waals surface area (Å²) in [5, 5.41) is 2.49. The van der Waals surface area contributed by atoms with Gasteiger partial charge in [0.15, 0.2) is 0 Å². The molecule has 1 aliphatic carbocycles. The molecule has 0 saturated heterocycles. The molecule has 94 valence electrons. The van der Waals surface area contributed by atoms with Gasteiger partial charge in [-0.25, -0.2) is 0 Å². The Labute approximate surface area is 108 Å². The summed E-state index contributed by atoms with van der Waals surface area (Å²) in [6, 6.07) is 15.0. The van der Waals surface area contributed by atoms with Crippen molar-refractivity contribution in [2.24, 2.45) is 5.73 Å². The highest BCUT2D eigenvalue weighted by Gasteiger charge is 2.20. The molecule has 2 heteroatoms. The van der Waals surface area contributed by atoms with Crippen LogP contribution >= 0.6 is 0 Å². The average Bonchev–Trinajstić information content (AvgIpc) is 2.39. The van der Waals surface area contributed by atoms with Crippen LogP contribution in [0.4, 0.5) is 0 Å². The summed E-state index contributed by atoms with van der Waals surface area (Å²) >= 11 is 0. The van der Waals surface area contributed by atoms with Crippen molar-refractivity contribution in [3.05, 3.63) is 42.5 Å². The Kier molecular flexibility index (Phi) is 3.20. The van der Waals surface area contributed by atoms with E-state index in [4.69, 9.17) is 10.5 Å². The van der Waals surface area contributed by atoms with Crippen molar-refractivity contribution < 1.29 is 4.74 Å². The lowest BCUT2D eigenvalue weighted by atomic mass is 9.93. The third-order valence-corrected chi connectivity index (χ3v) is 3.69.